The molecule has 0 saturated heterocycles. The summed E-state index contributed by atoms with van der Waals surface area (Å²) in [6.45, 7) is 0. The summed E-state index contributed by atoms with van der Waals surface area (Å²) in [5.41, 5.74) is 21.9. The highest BCUT2D eigenvalue weighted by Crippen LogP contribution is 2.46. The van der Waals surface area contributed by atoms with E-state index in [1.54, 1.807) is 0 Å². The topological polar surface area (TPSA) is 21.3 Å². The third-order valence-electron chi connectivity index (χ3n) is 16.8. The van der Waals surface area contributed by atoms with Gasteiger partial charge in [0, 0.05) is 83.5 Å². The van der Waals surface area contributed by atoms with Gasteiger partial charge >= 0.3 is 0 Å². The molecule has 3 heterocycles. The number of rotatable bonds is 11. The van der Waals surface area contributed by atoms with Crippen molar-refractivity contribution in [2.24, 2.45) is 0 Å². The van der Waals surface area contributed by atoms with Crippen LogP contribution in [0, 0.1) is 0 Å². The molecule has 12 aromatic carbocycles. The van der Waals surface area contributed by atoms with Gasteiger partial charge in [-0.2, -0.15) is 0 Å². The number of aromatic nitrogens is 3. The predicted molar refractivity (Wildman–Crippen MR) is 351 cm³/mol. The van der Waals surface area contributed by atoms with Gasteiger partial charge in [-0.25, -0.2) is 0 Å². The van der Waals surface area contributed by atoms with Crippen LogP contribution in [-0.4, -0.2) is 13.7 Å². The highest BCUT2D eigenvalue weighted by Gasteiger charge is 2.24. The number of allylic oxidation sites excluding steroid dienone is 4. The Bertz CT molecular complexity index is 5000. The Balaban J connectivity index is 0.898. The van der Waals surface area contributed by atoms with Gasteiger partial charge in [-0.1, -0.05) is 152 Å². The standard InChI is InChI=1S/C78H55N5/c1-8-22-54(23-9-1)56-36-42-73-67(48-56)69-50-63(38-44-75(69)81(73)60-30-16-5-17-31-60)79(58-26-12-3-13-27-58)65-40-46-77-71(52-65)72-53-66(41-47-78(72)83(77)62-34-20-7-21-35-62)80(59-28-14-4-15-29-59)64-39-45-76-70(51-64)68-49-57(55-24-10-2-11-25-55)37-43-74(68)82(76)61-32-18-6-19-33-61/h1-10,12-24,26-53H,11,25H2. The molecule has 0 unspecified atom stereocenters. The molecule has 0 aliphatic heterocycles. The molecule has 0 amide bonds. The normalized spacial score (nSPS) is 12.5. The Hall–Kier alpha value is -10.9. The zero-order valence-electron chi connectivity index (χ0n) is 45.6. The molecule has 3 aromatic heterocycles. The second-order valence-corrected chi connectivity index (χ2v) is 21.6. The second kappa shape index (κ2) is 20.0. The summed E-state index contributed by atoms with van der Waals surface area (Å²) < 4.78 is 7.25. The van der Waals surface area contributed by atoms with Crippen LogP contribution in [-0.2, 0) is 0 Å². The molecule has 392 valence electrons. The first-order chi connectivity index (χ1) is 41.2. The number of fused-ring (bicyclic) bond motifs is 9. The minimum Gasteiger partial charge on any atom is -0.310 e. The smallest absolute Gasteiger partial charge is 0.0542 e. The average molecular weight is 1060 g/mol. The molecule has 83 heavy (non-hydrogen) atoms. The van der Waals surface area contributed by atoms with Crippen LogP contribution in [0.3, 0.4) is 0 Å². The molecule has 0 N–H and O–H groups in total. The maximum absolute atomic E-state index is 2.43. The maximum Gasteiger partial charge on any atom is 0.0542 e. The molecule has 1 aliphatic rings. The van der Waals surface area contributed by atoms with E-state index in [1.165, 1.54) is 60.4 Å². The largest absolute Gasteiger partial charge is 0.310 e. The van der Waals surface area contributed by atoms with Gasteiger partial charge in [-0.15, -0.1) is 0 Å². The van der Waals surface area contributed by atoms with Crippen molar-refractivity contribution >= 4 is 105 Å². The maximum atomic E-state index is 2.43. The van der Waals surface area contributed by atoms with Gasteiger partial charge < -0.3 is 23.5 Å². The molecule has 0 fully saturated rings. The van der Waals surface area contributed by atoms with Gasteiger partial charge in [0.2, 0.25) is 0 Å². The van der Waals surface area contributed by atoms with Crippen LogP contribution in [0.5, 0.6) is 0 Å². The van der Waals surface area contributed by atoms with Gasteiger partial charge in [0.25, 0.3) is 0 Å². The van der Waals surface area contributed by atoms with Crippen LogP contribution < -0.4 is 9.80 Å². The molecule has 16 rings (SSSR count). The summed E-state index contributed by atoms with van der Waals surface area (Å²) in [7, 11) is 0. The monoisotopic (exact) mass is 1060 g/mol. The number of benzene rings is 12. The van der Waals surface area contributed by atoms with E-state index < -0.39 is 0 Å². The summed E-state index contributed by atoms with van der Waals surface area (Å²) in [6.07, 6.45) is 8.84. The SMILES string of the molecule is C1=CCCC(c2ccc3c(c2)c2cc(N(c4ccccc4)c4ccc5c(c4)c4cc(N(c6ccccc6)c6ccc7c(c6)c6cc(-c8ccccc8)ccc6n7-c6ccccc6)ccc4n5-c4ccccc4)ccc2n3-c2ccccc2)=C1. The van der Waals surface area contributed by atoms with Crippen LogP contribution >= 0.6 is 0 Å². The highest BCUT2D eigenvalue weighted by atomic mass is 15.2. The summed E-state index contributed by atoms with van der Waals surface area (Å²) in [6, 6.07) is 107. The zero-order chi connectivity index (χ0) is 54.8. The van der Waals surface area contributed by atoms with E-state index in [0.29, 0.717) is 0 Å². The van der Waals surface area contributed by atoms with Gasteiger partial charge in [0.15, 0.2) is 0 Å². The highest BCUT2D eigenvalue weighted by molar-refractivity contribution is 6.15. The number of hydrogen-bond donors (Lipinski definition) is 0. The Morgan fingerprint density at radius 1 is 0.253 bits per heavy atom. The van der Waals surface area contributed by atoms with Crippen molar-refractivity contribution in [3.63, 3.8) is 0 Å². The number of nitrogens with zero attached hydrogens (tertiary/aromatic N) is 5. The Labute approximate surface area is 482 Å². The third-order valence-corrected chi connectivity index (χ3v) is 16.8. The van der Waals surface area contributed by atoms with Crippen molar-refractivity contribution in [2.45, 2.75) is 12.8 Å². The lowest BCUT2D eigenvalue weighted by Crippen LogP contribution is -2.10. The molecular formula is C78H55N5. The molecular weight excluding hydrogens is 1010 g/mol. The predicted octanol–water partition coefficient (Wildman–Crippen LogP) is 21.3. The first-order valence-electron chi connectivity index (χ1n) is 28.7. The van der Waals surface area contributed by atoms with Crippen LogP contribution in [0.2, 0.25) is 0 Å². The summed E-state index contributed by atoms with van der Waals surface area (Å²) in [4.78, 5) is 4.85. The Kier molecular flexibility index (Phi) is 11.6. The van der Waals surface area contributed by atoms with Crippen LogP contribution in [0.15, 0.2) is 309 Å². The van der Waals surface area contributed by atoms with E-state index in [-0.39, 0.29) is 0 Å². The molecule has 5 nitrogen and oxygen atoms in total. The quantitative estimate of drug-likeness (QED) is 0.129. The van der Waals surface area contributed by atoms with E-state index in [0.717, 1.165) is 91.4 Å². The fourth-order valence-corrected chi connectivity index (χ4v) is 13.0. The fraction of sp³-hybridized carbons (Fsp3) is 0.0256. The molecule has 15 aromatic rings. The van der Waals surface area contributed by atoms with Gasteiger partial charge in [0.1, 0.15) is 0 Å². The van der Waals surface area contributed by atoms with E-state index in [1.807, 2.05) is 0 Å². The van der Waals surface area contributed by atoms with Gasteiger partial charge in [0.05, 0.1) is 33.1 Å². The van der Waals surface area contributed by atoms with E-state index in [4.69, 9.17) is 0 Å². The minimum atomic E-state index is 1.04. The van der Waals surface area contributed by atoms with Crippen molar-refractivity contribution in [1.82, 2.24) is 13.7 Å². The van der Waals surface area contributed by atoms with E-state index >= 15 is 0 Å². The first kappa shape index (κ1) is 48.1. The van der Waals surface area contributed by atoms with Crippen molar-refractivity contribution < 1.29 is 0 Å². The van der Waals surface area contributed by atoms with E-state index in [9.17, 15) is 0 Å². The van der Waals surface area contributed by atoms with E-state index in [2.05, 4.69) is 333 Å². The fourth-order valence-electron chi connectivity index (χ4n) is 13.0. The number of anilines is 6. The van der Waals surface area contributed by atoms with Crippen molar-refractivity contribution in [1.29, 1.82) is 0 Å². The van der Waals surface area contributed by atoms with Crippen molar-refractivity contribution in [3.05, 3.63) is 315 Å². The summed E-state index contributed by atoms with van der Waals surface area (Å²) >= 11 is 0. The molecule has 0 atom stereocenters. The van der Waals surface area contributed by atoms with Gasteiger partial charge in [-0.3, -0.25) is 0 Å². The van der Waals surface area contributed by atoms with Crippen molar-refractivity contribution in [2.75, 3.05) is 9.80 Å². The zero-order valence-corrected chi connectivity index (χ0v) is 45.6. The lowest BCUT2D eigenvalue weighted by Gasteiger charge is -2.26. The Morgan fingerprint density at radius 2 is 0.566 bits per heavy atom. The molecule has 0 saturated carbocycles. The minimum absolute atomic E-state index is 1.04. The Morgan fingerprint density at radius 3 is 0.928 bits per heavy atom. The molecule has 0 radical (unpaired) electrons. The molecule has 1 aliphatic carbocycles. The molecule has 0 bridgehead atoms. The number of hydrogen-bond acceptors (Lipinski definition) is 2. The van der Waals surface area contributed by atoms with Gasteiger partial charge in [-0.05, 0) is 193 Å². The summed E-state index contributed by atoms with van der Waals surface area (Å²) in [5.74, 6) is 0. The van der Waals surface area contributed by atoms with Crippen molar-refractivity contribution in [3.8, 4) is 28.2 Å². The lowest BCUT2D eigenvalue weighted by atomic mass is 9.96. The lowest BCUT2D eigenvalue weighted by molar-refractivity contribution is 1.05. The van der Waals surface area contributed by atoms with Crippen LogP contribution in [0.4, 0.5) is 34.1 Å². The number of para-hydroxylation sites is 5. The summed E-state index contributed by atoms with van der Waals surface area (Å²) in [5, 5.41) is 7.16. The molecule has 0 spiro atoms. The third kappa shape index (κ3) is 8.24. The second-order valence-electron chi connectivity index (χ2n) is 21.6. The first-order valence-corrected chi connectivity index (χ1v) is 28.7. The van der Waals surface area contributed by atoms with Crippen LogP contribution in [0.25, 0.3) is 99.2 Å². The average Bonchev–Trinajstić information content (AvgIpc) is 4.26. The van der Waals surface area contributed by atoms with Crippen LogP contribution in [0.1, 0.15) is 18.4 Å². The molecule has 5 heteroatoms.